The smallest absolute Gasteiger partial charge is 0.148 e. The summed E-state index contributed by atoms with van der Waals surface area (Å²) in [6.07, 6.45) is 1.81. The third-order valence-corrected chi connectivity index (χ3v) is 4.48. The van der Waals surface area contributed by atoms with Crippen LogP contribution >= 0.6 is 0 Å². The molecule has 0 aliphatic heterocycles. The molecule has 5 heteroatoms. The molecule has 0 unspecified atom stereocenters. The van der Waals surface area contributed by atoms with Gasteiger partial charge in [0.2, 0.25) is 0 Å². The number of likely N-dealkylation sites (N-methyl/N-ethyl adjacent to an activating group) is 1. The van der Waals surface area contributed by atoms with Gasteiger partial charge >= 0.3 is 0 Å². The fourth-order valence-corrected chi connectivity index (χ4v) is 2.83. The first kappa shape index (κ1) is 21.5. The van der Waals surface area contributed by atoms with E-state index in [0.717, 1.165) is 29.9 Å². The molecule has 0 aliphatic rings. The number of allylic oxidation sites excluding steroid dienone is 2. The van der Waals surface area contributed by atoms with Crippen LogP contribution < -0.4 is 4.90 Å². The third kappa shape index (κ3) is 5.81. The Kier molecular flexibility index (Phi) is 8.21. The van der Waals surface area contributed by atoms with Crippen molar-refractivity contribution in [3.05, 3.63) is 77.4 Å². The standard InChI is InChI=1S/C24H22N4O/c1-3-19-5-7-20(8-6-19)18-29-14-13-28(4-2)23-11-9-21(10-12-23)24(17-27)22(15-25)16-26/h3,5-12H,1,4,13-14,18H2,2H3. The molecular formula is C24H22N4O. The second-order valence-electron chi connectivity index (χ2n) is 6.21. The molecule has 0 bridgehead atoms. The van der Waals surface area contributed by atoms with Crippen LogP contribution in [0, 0.1) is 34.0 Å². The van der Waals surface area contributed by atoms with E-state index in [-0.39, 0.29) is 11.1 Å². The lowest BCUT2D eigenvalue weighted by Gasteiger charge is -2.23. The summed E-state index contributed by atoms with van der Waals surface area (Å²) in [4.78, 5) is 2.16. The zero-order valence-electron chi connectivity index (χ0n) is 16.4. The minimum absolute atomic E-state index is 0.0930. The molecule has 2 aromatic rings. The van der Waals surface area contributed by atoms with Gasteiger partial charge in [0.15, 0.2) is 0 Å². The second kappa shape index (κ2) is 11.1. The Morgan fingerprint density at radius 1 is 1.00 bits per heavy atom. The molecule has 0 saturated heterocycles. The minimum Gasteiger partial charge on any atom is -0.375 e. The van der Waals surface area contributed by atoms with Crippen molar-refractivity contribution in [3.8, 4) is 18.2 Å². The van der Waals surface area contributed by atoms with E-state index in [1.54, 1.807) is 24.3 Å². The molecular weight excluding hydrogens is 360 g/mol. The van der Waals surface area contributed by atoms with E-state index in [4.69, 9.17) is 15.3 Å². The van der Waals surface area contributed by atoms with Crippen LogP contribution in [0.5, 0.6) is 0 Å². The zero-order valence-corrected chi connectivity index (χ0v) is 16.4. The van der Waals surface area contributed by atoms with Crippen LogP contribution in [0.2, 0.25) is 0 Å². The lowest BCUT2D eigenvalue weighted by molar-refractivity contribution is 0.127. The summed E-state index contributed by atoms with van der Waals surface area (Å²) in [5, 5.41) is 27.2. The van der Waals surface area contributed by atoms with Crippen molar-refractivity contribution in [1.29, 1.82) is 15.8 Å². The van der Waals surface area contributed by atoms with Crippen molar-refractivity contribution in [2.24, 2.45) is 0 Å². The van der Waals surface area contributed by atoms with Crippen LogP contribution in [-0.2, 0) is 11.3 Å². The van der Waals surface area contributed by atoms with Gasteiger partial charge in [0.05, 0.1) is 18.8 Å². The van der Waals surface area contributed by atoms with Crippen LogP contribution in [-0.4, -0.2) is 19.7 Å². The van der Waals surface area contributed by atoms with Crippen LogP contribution in [0.4, 0.5) is 5.69 Å². The summed E-state index contributed by atoms with van der Waals surface area (Å²) in [7, 11) is 0. The molecule has 0 N–H and O–H groups in total. The maximum Gasteiger partial charge on any atom is 0.148 e. The van der Waals surface area contributed by atoms with Gasteiger partial charge in [0, 0.05) is 18.8 Å². The van der Waals surface area contributed by atoms with Crippen LogP contribution in [0.1, 0.15) is 23.6 Å². The topological polar surface area (TPSA) is 83.8 Å². The molecule has 0 saturated carbocycles. The fourth-order valence-electron chi connectivity index (χ4n) is 2.83. The van der Waals surface area contributed by atoms with Gasteiger partial charge in [-0.3, -0.25) is 0 Å². The van der Waals surface area contributed by atoms with Crippen LogP contribution in [0.25, 0.3) is 11.6 Å². The number of hydrogen-bond donors (Lipinski definition) is 0. The maximum atomic E-state index is 9.26. The summed E-state index contributed by atoms with van der Waals surface area (Å²) in [6.45, 7) is 8.47. The molecule has 0 fully saturated rings. The third-order valence-electron chi connectivity index (χ3n) is 4.48. The lowest BCUT2D eigenvalue weighted by Crippen LogP contribution is -2.27. The highest BCUT2D eigenvalue weighted by atomic mass is 16.5. The van der Waals surface area contributed by atoms with E-state index in [1.165, 1.54) is 0 Å². The van der Waals surface area contributed by atoms with Crippen molar-refractivity contribution >= 4 is 17.3 Å². The largest absolute Gasteiger partial charge is 0.375 e. The van der Waals surface area contributed by atoms with Gasteiger partial charge in [-0.1, -0.05) is 49.1 Å². The van der Waals surface area contributed by atoms with Crippen molar-refractivity contribution in [2.75, 3.05) is 24.6 Å². The van der Waals surface area contributed by atoms with Gasteiger partial charge in [0.25, 0.3) is 0 Å². The van der Waals surface area contributed by atoms with E-state index in [9.17, 15) is 5.26 Å². The minimum atomic E-state index is -0.179. The van der Waals surface area contributed by atoms with Gasteiger partial charge in [0.1, 0.15) is 23.8 Å². The highest BCUT2D eigenvalue weighted by Gasteiger charge is 2.10. The van der Waals surface area contributed by atoms with Gasteiger partial charge in [-0.15, -0.1) is 0 Å². The Bertz CT molecular complexity index is 968. The quantitative estimate of drug-likeness (QED) is 0.464. The average molecular weight is 382 g/mol. The SMILES string of the molecule is C=Cc1ccc(COCCN(CC)c2ccc(C(C#N)=C(C#N)C#N)cc2)cc1. The predicted molar refractivity (Wildman–Crippen MR) is 114 cm³/mol. The first-order chi connectivity index (χ1) is 14.2. The first-order valence-electron chi connectivity index (χ1n) is 9.25. The van der Waals surface area contributed by atoms with E-state index in [1.807, 2.05) is 48.5 Å². The number of nitriles is 3. The summed E-state index contributed by atoms with van der Waals surface area (Å²) >= 11 is 0. The number of benzene rings is 2. The summed E-state index contributed by atoms with van der Waals surface area (Å²) in [6, 6.07) is 20.9. The molecule has 0 aliphatic carbocycles. The molecule has 0 atom stereocenters. The molecule has 2 aromatic carbocycles. The molecule has 0 radical (unpaired) electrons. The van der Waals surface area contributed by atoms with Crippen molar-refractivity contribution in [1.82, 2.24) is 0 Å². The normalized spacial score (nSPS) is 9.59. The fraction of sp³-hybridized carbons (Fsp3) is 0.208. The maximum absolute atomic E-state index is 9.26. The number of hydrogen-bond acceptors (Lipinski definition) is 5. The van der Waals surface area contributed by atoms with Gasteiger partial charge < -0.3 is 9.64 Å². The van der Waals surface area contributed by atoms with Crippen molar-refractivity contribution < 1.29 is 4.74 Å². The number of ether oxygens (including phenoxy) is 1. The molecule has 144 valence electrons. The summed E-state index contributed by atoms with van der Waals surface area (Å²) in [5.74, 6) is 0. The Hall–Kier alpha value is -3.85. The van der Waals surface area contributed by atoms with E-state index in [2.05, 4.69) is 18.4 Å². The molecule has 0 spiro atoms. The summed E-state index contributed by atoms with van der Waals surface area (Å²) < 4.78 is 5.80. The molecule has 5 nitrogen and oxygen atoms in total. The molecule has 0 heterocycles. The average Bonchev–Trinajstić information content (AvgIpc) is 2.78. The van der Waals surface area contributed by atoms with Gasteiger partial charge in [-0.25, -0.2) is 0 Å². The number of nitrogens with zero attached hydrogens (tertiary/aromatic N) is 4. The van der Waals surface area contributed by atoms with E-state index >= 15 is 0 Å². The van der Waals surface area contributed by atoms with Crippen molar-refractivity contribution in [2.45, 2.75) is 13.5 Å². The van der Waals surface area contributed by atoms with Crippen LogP contribution in [0.3, 0.4) is 0 Å². The first-order valence-corrected chi connectivity index (χ1v) is 9.25. The predicted octanol–water partition coefficient (Wildman–Crippen LogP) is 4.70. The Morgan fingerprint density at radius 2 is 1.66 bits per heavy atom. The molecule has 0 aromatic heterocycles. The Balaban J connectivity index is 1.97. The Labute approximate surface area is 172 Å². The zero-order chi connectivity index (χ0) is 21.1. The molecule has 29 heavy (non-hydrogen) atoms. The highest BCUT2D eigenvalue weighted by molar-refractivity contribution is 5.84. The highest BCUT2D eigenvalue weighted by Crippen LogP contribution is 2.22. The Morgan fingerprint density at radius 3 is 2.17 bits per heavy atom. The van der Waals surface area contributed by atoms with Crippen molar-refractivity contribution in [3.63, 3.8) is 0 Å². The van der Waals surface area contributed by atoms with E-state index < -0.39 is 0 Å². The van der Waals surface area contributed by atoms with Gasteiger partial charge in [-0.2, -0.15) is 15.8 Å². The molecule has 2 rings (SSSR count). The number of rotatable bonds is 9. The monoisotopic (exact) mass is 382 g/mol. The number of anilines is 1. The molecule has 0 amide bonds. The van der Waals surface area contributed by atoms with Crippen LogP contribution in [0.15, 0.2) is 60.7 Å². The second-order valence-corrected chi connectivity index (χ2v) is 6.21. The van der Waals surface area contributed by atoms with E-state index in [0.29, 0.717) is 18.8 Å². The lowest BCUT2D eigenvalue weighted by atomic mass is 10.0. The van der Waals surface area contributed by atoms with Gasteiger partial charge in [-0.05, 0) is 35.7 Å². The summed E-state index contributed by atoms with van der Waals surface area (Å²) in [5.41, 5.74) is 3.66.